The minimum atomic E-state index is -1.04. The predicted octanol–water partition coefficient (Wildman–Crippen LogP) is -0.0842. The summed E-state index contributed by atoms with van der Waals surface area (Å²) in [6.45, 7) is 2.74. The molecule has 2 aliphatic rings. The van der Waals surface area contributed by atoms with E-state index >= 15 is 0 Å². The SMILES string of the molecule is C=CCN1C(=O)C(=O)N(CC(=O)NC2(C#N)CCCC2)C1=O. The lowest BCUT2D eigenvalue weighted by Crippen LogP contribution is -2.50. The second-order valence-electron chi connectivity index (χ2n) is 5.33. The van der Waals surface area contributed by atoms with Crippen molar-refractivity contribution in [3.63, 3.8) is 0 Å². The van der Waals surface area contributed by atoms with Gasteiger partial charge in [-0.25, -0.2) is 9.69 Å². The smallest absolute Gasteiger partial charge is 0.335 e. The molecular formula is C14H16N4O4. The second kappa shape index (κ2) is 5.97. The maximum atomic E-state index is 12.0. The number of nitrogens with one attached hydrogen (secondary N) is 1. The first-order chi connectivity index (χ1) is 10.4. The third-order valence-electron chi connectivity index (χ3n) is 3.80. The number of imide groups is 2. The average Bonchev–Trinajstić information content (AvgIpc) is 3.03. The Kier molecular flexibility index (Phi) is 4.26. The molecule has 1 aliphatic carbocycles. The topological polar surface area (TPSA) is 111 Å². The Morgan fingerprint density at radius 2 is 1.86 bits per heavy atom. The predicted molar refractivity (Wildman–Crippen MR) is 74.0 cm³/mol. The van der Waals surface area contributed by atoms with Crippen LogP contribution in [0, 0.1) is 11.3 Å². The number of nitriles is 1. The van der Waals surface area contributed by atoms with E-state index in [1.54, 1.807) is 0 Å². The van der Waals surface area contributed by atoms with Crippen LogP contribution < -0.4 is 5.32 Å². The highest BCUT2D eigenvalue weighted by atomic mass is 16.2. The van der Waals surface area contributed by atoms with E-state index in [1.165, 1.54) is 6.08 Å². The zero-order valence-electron chi connectivity index (χ0n) is 12.0. The maximum Gasteiger partial charge on any atom is 0.335 e. The van der Waals surface area contributed by atoms with E-state index in [0.29, 0.717) is 17.7 Å². The van der Waals surface area contributed by atoms with E-state index in [0.717, 1.165) is 17.7 Å². The Balaban J connectivity index is 2.04. The molecule has 0 radical (unpaired) electrons. The summed E-state index contributed by atoms with van der Waals surface area (Å²) in [6, 6.07) is 1.24. The molecule has 0 unspecified atom stereocenters. The summed E-state index contributed by atoms with van der Waals surface area (Å²) in [5.41, 5.74) is -0.937. The summed E-state index contributed by atoms with van der Waals surface area (Å²) < 4.78 is 0. The third kappa shape index (κ3) is 2.70. The van der Waals surface area contributed by atoms with Crippen molar-refractivity contribution >= 4 is 23.8 Å². The zero-order valence-corrected chi connectivity index (χ0v) is 12.0. The number of nitrogens with zero attached hydrogens (tertiary/aromatic N) is 3. The number of hydrogen-bond acceptors (Lipinski definition) is 5. The summed E-state index contributed by atoms with van der Waals surface area (Å²) in [5, 5.41) is 11.8. The van der Waals surface area contributed by atoms with Crippen LogP contribution in [-0.2, 0) is 14.4 Å². The first kappa shape index (κ1) is 15.7. The normalized spacial score (nSPS) is 20.2. The van der Waals surface area contributed by atoms with Crippen molar-refractivity contribution in [1.29, 1.82) is 5.26 Å². The molecule has 1 aliphatic heterocycles. The Morgan fingerprint density at radius 1 is 1.27 bits per heavy atom. The summed E-state index contributed by atoms with van der Waals surface area (Å²) >= 11 is 0. The van der Waals surface area contributed by atoms with Crippen LogP contribution in [0.3, 0.4) is 0 Å². The molecule has 22 heavy (non-hydrogen) atoms. The first-order valence-electron chi connectivity index (χ1n) is 6.94. The van der Waals surface area contributed by atoms with Gasteiger partial charge in [-0.2, -0.15) is 5.26 Å². The lowest BCUT2D eigenvalue weighted by molar-refractivity contribution is -0.143. The molecule has 1 heterocycles. The van der Waals surface area contributed by atoms with Crippen LogP contribution >= 0.6 is 0 Å². The van der Waals surface area contributed by atoms with Gasteiger partial charge < -0.3 is 5.32 Å². The summed E-state index contributed by atoms with van der Waals surface area (Å²) in [4.78, 5) is 48.7. The molecule has 2 rings (SSSR count). The molecule has 0 bridgehead atoms. The highest BCUT2D eigenvalue weighted by Crippen LogP contribution is 2.28. The molecule has 8 nitrogen and oxygen atoms in total. The number of hydrogen-bond donors (Lipinski definition) is 1. The van der Waals surface area contributed by atoms with Gasteiger partial charge in [0.25, 0.3) is 0 Å². The number of carbonyl (C=O) groups excluding carboxylic acids is 4. The van der Waals surface area contributed by atoms with E-state index in [9.17, 15) is 24.4 Å². The van der Waals surface area contributed by atoms with Gasteiger partial charge in [0.05, 0.1) is 6.07 Å². The van der Waals surface area contributed by atoms with E-state index < -0.39 is 35.8 Å². The molecule has 1 saturated heterocycles. The van der Waals surface area contributed by atoms with Gasteiger partial charge in [-0.1, -0.05) is 6.08 Å². The highest BCUT2D eigenvalue weighted by molar-refractivity contribution is 6.45. The van der Waals surface area contributed by atoms with Crippen LogP contribution in [0.5, 0.6) is 0 Å². The quantitative estimate of drug-likeness (QED) is 0.434. The largest absolute Gasteiger partial charge is 0.336 e. The van der Waals surface area contributed by atoms with Crippen molar-refractivity contribution in [3.8, 4) is 6.07 Å². The number of urea groups is 1. The average molecular weight is 304 g/mol. The van der Waals surface area contributed by atoms with Crippen molar-refractivity contribution < 1.29 is 19.2 Å². The van der Waals surface area contributed by atoms with Gasteiger partial charge in [0.15, 0.2) is 0 Å². The van der Waals surface area contributed by atoms with E-state index in [4.69, 9.17) is 0 Å². The number of rotatable bonds is 5. The highest BCUT2D eigenvalue weighted by Gasteiger charge is 2.45. The fourth-order valence-corrected chi connectivity index (χ4v) is 2.67. The minimum Gasteiger partial charge on any atom is -0.336 e. The Labute approximate surface area is 127 Å². The third-order valence-corrected chi connectivity index (χ3v) is 3.80. The van der Waals surface area contributed by atoms with Gasteiger partial charge in [-0.15, -0.1) is 6.58 Å². The molecule has 0 aromatic rings. The van der Waals surface area contributed by atoms with Gasteiger partial charge >= 0.3 is 17.8 Å². The fraction of sp³-hybridized carbons (Fsp3) is 0.500. The lowest BCUT2D eigenvalue weighted by atomic mass is 10.00. The van der Waals surface area contributed by atoms with Gasteiger partial charge in [-0.3, -0.25) is 19.3 Å². The fourth-order valence-electron chi connectivity index (χ4n) is 2.67. The maximum absolute atomic E-state index is 12.0. The van der Waals surface area contributed by atoms with Gasteiger partial charge in [0, 0.05) is 6.54 Å². The van der Waals surface area contributed by atoms with Crippen LogP contribution in [0.4, 0.5) is 4.79 Å². The van der Waals surface area contributed by atoms with Crippen LogP contribution in [-0.4, -0.2) is 52.2 Å². The lowest BCUT2D eigenvalue weighted by Gasteiger charge is -2.23. The number of carbonyl (C=O) groups is 4. The van der Waals surface area contributed by atoms with Crippen LogP contribution in [0.15, 0.2) is 12.7 Å². The minimum absolute atomic E-state index is 0.0936. The Morgan fingerprint density at radius 3 is 2.41 bits per heavy atom. The van der Waals surface area contributed by atoms with E-state index in [2.05, 4.69) is 18.0 Å². The van der Waals surface area contributed by atoms with Crippen LogP contribution in [0.1, 0.15) is 25.7 Å². The summed E-state index contributed by atoms with van der Waals surface area (Å²) in [5.74, 6) is -2.65. The molecule has 116 valence electrons. The molecule has 2 fully saturated rings. The monoisotopic (exact) mass is 304 g/mol. The van der Waals surface area contributed by atoms with Crippen molar-refractivity contribution in [3.05, 3.63) is 12.7 Å². The Hall–Kier alpha value is -2.69. The van der Waals surface area contributed by atoms with Crippen molar-refractivity contribution in [2.24, 2.45) is 0 Å². The molecule has 0 atom stereocenters. The van der Waals surface area contributed by atoms with Crippen molar-refractivity contribution in [1.82, 2.24) is 15.1 Å². The molecule has 1 N–H and O–H groups in total. The van der Waals surface area contributed by atoms with Gasteiger partial charge in [-0.05, 0) is 25.7 Å². The molecule has 0 spiro atoms. The zero-order chi connectivity index (χ0) is 16.3. The second-order valence-corrected chi connectivity index (χ2v) is 5.33. The molecule has 1 saturated carbocycles. The van der Waals surface area contributed by atoms with Crippen molar-refractivity contribution in [2.75, 3.05) is 13.1 Å². The Bertz CT molecular complexity index is 586. The van der Waals surface area contributed by atoms with E-state index in [1.807, 2.05) is 0 Å². The van der Waals surface area contributed by atoms with Gasteiger partial charge in [0.1, 0.15) is 12.1 Å². The molecule has 8 heteroatoms. The molecular weight excluding hydrogens is 288 g/mol. The van der Waals surface area contributed by atoms with Crippen LogP contribution in [0.2, 0.25) is 0 Å². The summed E-state index contributed by atoms with van der Waals surface area (Å²) in [7, 11) is 0. The summed E-state index contributed by atoms with van der Waals surface area (Å²) in [6.07, 6.45) is 4.06. The molecule has 0 aromatic carbocycles. The standard InChI is InChI=1S/C14H16N4O4/c1-2-7-17-11(20)12(21)18(13(17)22)8-10(19)16-14(9-15)5-3-4-6-14/h2H,1,3-8H2,(H,16,19). The van der Waals surface area contributed by atoms with Crippen LogP contribution in [0.25, 0.3) is 0 Å². The molecule has 0 aromatic heterocycles. The van der Waals surface area contributed by atoms with Gasteiger partial charge in [0.2, 0.25) is 5.91 Å². The molecule has 5 amide bonds. The number of amides is 5. The van der Waals surface area contributed by atoms with Crippen molar-refractivity contribution in [2.45, 2.75) is 31.2 Å². The first-order valence-corrected chi connectivity index (χ1v) is 6.94. The van der Waals surface area contributed by atoms with E-state index in [-0.39, 0.29) is 6.54 Å².